The average Bonchev–Trinajstić information content (AvgIpc) is 3.23. The fraction of sp³-hybridized carbons (Fsp3) is 0.231. The number of aromatic nitrogens is 3. The van der Waals surface area contributed by atoms with Gasteiger partial charge in [0.1, 0.15) is 35.1 Å². The number of fused-ring (bicyclic) bond motifs is 1. The largest absolute Gasteiger partial charge is 0.457 e. The van der Waals surface area contributed by atoms with Gasteiger partial charge in [0.15, 0.2) is 5.78 Å². The number of nitrogens with zero attached hydrogens (tertiary/aromatic N) is 2. The monoisotopic (exact) mass is 440 g/mol. The molecule has 0 bridgehead atoms. The minimum atomic E-state index is -0.117. The van der Waals surface area contributed by atoms with Gasteiger partial charge in [0, 0.05) is 24.2 Å². The second-order valence-corrected chi connectivity index (χ2v) is 8.50. The molecule has 0 spiro atoms. The SMILES string of the molecule is CC(=O)CC1CC(Nc2ncnc3[nH]cc(C(=O)c4ccc(Oc5ccccc5)cc4)c23)C1. The van der Waals surface area contributed by atoms with E-state index in [0.717, 1.165) is 18.6 Å². The molecule has 2 heterocycles. The fourth-order valence-electron chi connectivity index (χ4n) is 4.33. The van der Waals surface area contributed by atoms with Gasteiger partial charge < -0.3 is 19.8 Å². The third-order valence-corrected chi connectivity index (χ3v) is 5.96. The summed E-state index contributed by atoms with van der Waals surface area (Å²) in [5.74, 6) is 2.56. The minimum Gasteiger partial charge on any atom is -0.457 e. The molecular weight excluding hydrogens is 416 g/mol. The van der Waals surface area contributed by atoms with Crippen LogP contribution in [-0.4, -0.2) is 32.6 Å². The van der Waals surface area contributed by atoms with Crippen LogP contribution in [0.3, 0.4) is 0 Å². The summed E-state index contributed by atoms with van der Waals surface area (Å²) in [5, 5.41) is 4.12. The highest BCUT2D eigenvalue weighted by Gasteiger charge is 2.31. The van der Waals surface area contributed by atoms with Crippen molar-refractivity contribution >= 4 is 28.4 Å². The Morgan fingerprint density at radius 3 is 2.48 bits per heavy atom. The van der Waals surface area contributed by atoms with E-state index in [1.807, 2.05) is 30.3 Å². The first-order valence-corrected chi connectivity index (χ1v) is 11.0. The van der Waals surface area contributed by atoms with Crippen molar-refractivity contribution in [3.8, 4) is 11.5 Å². The molecule has 7 heteroatoms. The Hall–Kier alpha value is -4.00. The Balaban J connectivity index is 1.34. The minimum absolute atomic E-state index is 0.117. The molecule has 0 unspecified atom stereocenters. The molecule has 4 aromatic rings. The van der Waals surface area contributed by atoms with Crippen molar-refractivity contribution in [2.45, 2.75) is 32.2 Å². The Morgan fingerprint density at radius 2 is 1.76 bits per heavy atom. The maximum atomic E-state index is 13.3. The molecule has 5 rings (SSSR count). The molecule has 0 saturated heterocycles. The summed E-state index contributed by atoms with van der Waals surface area (Å²) in [6.45, 7) is 1.63. The number of benzene rings is 2. The van der Waals surface area contributed by atoms with Crippen LogP contribution >= 0.6 is 0 Å². The van der Waals surface area contributed by atoms with Crippen LogP contribution in [0.2, 0.25) is 0 Å². The number of carbonyl (C=O) groups excluding carboxylic acids is 2. The van der Waals surface area contributed by atoms with Crippen LogP contribution in [-0.2, 0) is 4.79 Å². The third kappa shape index (κ3) is 4.48. The molecule has 1 saturated carbocycles. The van der Waals surface area contributed by atoms with Gasteiger partial charge in [-0.2, -0.15) is 0 Å². The lowest BCUT2D eigenvalue weighted by molar-refractivity contribution is -0.118. The van der Waals surface area contributed by atoms with Crippen molar-refractivity contribution in [2.75, 3.05) is 5.32 Å². The van der Waals surface area contributed by atoms with Gasteiger partial charge in [0.25, 0.3) is 0 Å². The summed E-state index contributed by atoms with van der Waals surface area (Å²) in [5.41, 5.74) is 1.68. The maximum absolute atomic E-state index is 13.3. The van der Waals surface area contributed by atoms with Crippen molar-refractivity contribution < 1.29 is 14.3 Å². The van der Waals surface area contributed by atoms with Crippen molar-refractivity contribution in [1.29, 1.82) is 0 Å². The molecular formula is C26H24N4O3. The third-order valence-electron chi connectivity index (χ3n) is 5.96. The smallest absolute Gasteiger partial charge is 0.195 e. The molecule has 2 aromatic carbocycles. The summed E-state index contributed by atoms with van der Waals surface area (Å²) in [6.07, 6.45) is 5.62. The van der Waals surface area contributed by atoms with E-state index < -0.39 is 0 Å². The summed E-state index contributed by atoms with van der Waals surface area (Å²) in [7, 11) is 0. The summed E-state index contributed by atoms with van der Waals surface area (Å²) >= 11 is 0. The molecule has 1 aliphatic rings. The van der Waals surface area contributed by atoms with E-state index in [1.54, 1.807) is 37.4 Å². The van der Waals surface area contributed by atoms with Crippen LogP contribution in [0.5, 0.6) is 11.5 Å². The number of ether oxygens (including phenoxy) is 1. The molecule has 2 N–H and O–H groups in total. The van der Waals surface area contributed by atoms with Gasteiger partial charge >= 0.3 is 0 Å². The average molecular weight is 441 g/mol. The standard InChI is InChI=1S/C26H24N4O3/c1-16(31)11-17-12-19(13-17)30-26-23-22(14-27-25(23)28-15-29-26)24(32)18-7-9-21(10-8-18)33-20-5-3-2-4-6-20/h2-10,14-15,17,19H,11-13H2,1H3,(H2,27,28,29,30). The number of ketones is 2. The molecule has 2 aromatic heterocycles. The van der Waals surface area contributed by atoms with E-state index in [9.17, 15) is 9.59 Å². The number of nitrogens with one attached hydrogen (secondary N) is 2. The molecule has 1 fully saturated rings. The van der Waals surface area contributed by atoms with Crippen molar-refractivity contribution in [2.24, 2.45) is 5.92 Å². The molecule has 0 aliphatic heterocycles. The van der Waals surface area contributed by atoms with Crippen molar-refractivity contribution in [3.05, 3.63) is 78.2 Å². The van der Waals surface area contributed by atoms with Gasteiger partial charge in [0.2, 0.25) is 0 Å². The van der Waals surface area contributed by atoms with Crippen LogP contribution in [0.4, 0.5) is 5.82 Å². The highest BCUT2D eigenvalue weighted by molar-refractivity contribution is 6.18. The second-order valence-electron chi connectivity index (χ2n) is 8.50. The van der Waals surface area contributed by atoms with Crippen molar-refractivity contribution in [3.63, 3.8) is 0 Å². The first-order chi connectivity index (χ1) is 16.1. The molecule has 0 atom stereocenters. The zero-order valence-corrected chi connectivity index (χ0v) is 18.2. The first kappa shape index (κ1) is 20.9. The van der Waals surface area contributed by atoms with Crippen LogP contribution in [0, 0.1) is 5.92 Å². The Kier molecular flexibility index (Phi) is 5.60. The van der Waals surface area contributed by atoms with E-state index in [1.165, 1.54) is 6.33 Å². The molecule has 1 aliphatic carbocycles. The summed E-state index contributed by atoms with van der Waals surface area (Å²) < 4.78 is 5.82. The zero-order chi connectivity index (χ0) is 22.8. The van der Waals surface area contributed by atoms with E-state index in [4.69, 9.17) is 4.74 Å². The van der Waals surface area contributed by atoms with Crippen LogP contribution < -0.4 is 10.1 Å². The van der Waals surface area contributed by atoms with Crippen LogP contribution in [0.15, 0.2) is 67.1 Å². The number of para-hydroxylation sites is 1. The Bertz CT molecular complexity index is 1290. The lowest BCUT2D eigenvalue weighted by Gasteiger charge is -2.35. The first-order valence-electron chi connectivity index (χ1n) is 11.0. The zero-order valence-electron chi connectivity index (χ0n) is 18.2. The van der Waals surface area contributed by atoms with Gasteiger partial charge in [-0.3, -0.25) is 4.79 Å². The van der Waals surface area contributed by atoms with Gasteiger partial charge in [-0.15, -0.1) is 0 Å². The Labute approximate surface area is 191 Å². The predicted octanol–water partition coefficient (Wildman–Crippen LogP) is 5.15. The molecule has 33 heavy (non-hydrogen) atoms. The molecule has 0 amide bonds. The number of carbonyl (C=O) groups is 2. The number of aromatic amines is 1. The number of Topliss-reactive ketones (excluding diaryl/α,β-unsaturated/α-hetero) is 1. The number of H-pyrrole nitrogens is 1. The van der Waals surface area contributed by atoms with E-state index in [-0.39, 0.29) is 17.6 Å². The molecule has 0 radical (unpaired) electrons. The van der Waals surface area contributed by atoms with E-state index >= 15 is 0 Å². The van der Waals surface area contributed by atoms with Gasteiger partial charge in [-0.25, -0.2) is 9.97 Å². The highest BCUT2D eigenvalue weighted by atomic mass is 16.5. The maximum Gasteiger partial charge on any atom is 0.195 e. The summed E-state index contributed by atoms with van der Waals surface area (Å²) in [6, 6.07) is 16.8. The fourth-order valence-corrected chi connectivity index (χ4v) is 4.33. The normalized spacial score (nSPS) is 17.4. The molecule has 7 nitrogen and oxygen atoms in total. The lowest BCUT2D eigenvalue weighted by Crippen LogP contribution is -2.36. The van der Waals surface area contributed by atoms with E-state index in [2.05, 4.69) is 20.3 Å². The van der Waals surface area contributed by atoms with Crippen molar-refractivity contribution in [1.82, 2.24) is 15.0 Å². The van der Waals surface area contributed by atoms with Gasteiger partial charge in [-0.05, 0) is 62.1 Å². The second kappa shape index (κ2) is 8.86. The van der Waals surface area contributed by atoms with Crippen LogP contribution in [0.1, 0.15) is 42.1 Å². The number of hydrogen-bond acceptors (Lipinski definition) is 6. The number of anilines is 1. The predicted molar refractivity (Wildman–Crippen MR) is 126 cm³/mol. The van der Waals surface area contributed by atoms with Gasteiger partial charge in [-0.1, -0.05) is 18.2 Å². The van der Waals surface area contributed by atoms with Gasteiger partial charge in [0.05, 0.1) is 10.9 Å². The summed E-state index contributed by atoms with van der Waals surface area (Å²) in [4.78, 5) is 36.4. The lowest BCUT2D eigenvalue weighted by atomic mass is 9.77. The number of rotatable bonds is 8. The molecule has 166 valence electrons. The van der Waals surface area contributed by atoms with Crippen LogP contribution in [0.25, 0.3) is 11.0 Å². The highest BCUT2D eigenvalue weighted by Crippen LogP contribution is 2.35. The Morgan fingerprint density at radius 1 is 1.03 bits per heavy atom. The number of hydrogen-bond donors (Lipinski definition) is 2. The topological polar surface area (TPSA) is 97.0 Å². The van der Waals surface area contributed by atoms with E-state index in [0.29, 0.717) is 46.1 Å². The quantitative estimate of drug-likeness (QED) is 0.368.